The van der Waals surface area contributed by atoms with E-state index in [1.165, 1.54) is 17.7 Å². The van der Waals surface area contributed by atoms with E-state index in [1.54, 1.807) is 12.1 Å². The van der Waals surface area contributed by atoms with Gasteiger partial charge in [0.15, 0.2) is 6.10 Å². The summed E-state index contributed by atoms with van der Waals surface area (Å²) in [6, 6.07) is 13.9. The fraction of sp³-hybridized carbons (Fsp3) is 0.381. The molecule has 0 aromatic heterocycles. The van der Waals surface area contributed by atoms with Gasteiger partial charge in [0.25, 0.3) is 5.91 Å². The zero-order chi connectivity index (χ0) is 18.8. The summed E-state index contributed by atoms with van der Waals surface area (Å²) < 4.78 is 24.7. The second-order valence-corrected chi connectivity index (χ2v) is 7.05. The quantitative estimate of drug-likeness (QED) is 0.879. The van der Waals surface area contributed by atoms with Crippen LogP contribution in [0.4, 0.5) is 4.39 Å². The number of carbonyl (C=O) groups excluding carboxylic acids is 1. The molecular formula is C21H23FN2O3. The van der Waals surface area contributed by atoms with Crippen LogP contribution in [0.25, 0.3) is 0 Å². The standard InChI is InChI=1S/C21H23FN2O3/c22-16-7-5-15(6-8-16)20-18-4-2-1-3-14(18)9-10-24(20)21(25)19-13-26-11-17(23)12-27-19/h1-8,17,19-20H,9-13,23H2/t17-,19-,20+/m1/s1. The molecule has 0 bridgehead atoms. The average molecular weight is 370 g/mol. The van der Waals surface area contributed by atoms with Crippen LogP contribution in [0.3, 0.4) is 0 Å². The zero-order valence-corrected chi connectivity index (χ0v) is 15.0. The van der Waals surface area contributed by atoms with Crippen LogP contribution in [0, 0.1) is 5.82 Å². The Bertz CT molecular complexity index is 811. The normalized spacial score (nSPS) is 25.6. The van der Waals surface area contributed by atoms with Crippen LogP contribution in [0.2, 0.25) is 0 Å². The zero-order valence-electron chi connectivity index (χ0n) is 15.0. The summed E-state index contributed by atoms with van der Waals surface area (Å²) in [6.07, 6.45) is 0.0962. The SMILES string of the molecule is N[C@@H]1COC[C@H](C(=O)N2CCc3ccccc3[C@@H]2c2ccc(F)cc2)OC1. The number of carbonyl (C=O) groups is 1. The van der Waals surface area contributed by atoms with Gasteiger partial charge in [0.05, 0.1) is 31.9 Å². The third-order valence-corrected chi connectivity index (χ3v) is 5.14. The minimum Gasteiger partial charge on any atom is -0.376 e. The van der Waals surface area contributed by atoms with Gasteiger partial charge >= 0.3 is 0 Å². The maximum absolute atomic E-state index is 13.4. The Labute approximate surface area is 157 Å². The molecular weight excluding hydrogens is 347 g/mol. The monoisotopic (exact) mass is 370 g/mol. The Hall–Kier alpha value is -2.28. The molecule has 0 unspecified atom stereocenters. The van der Waals surface area contributed by atoms with Gasteiger partial charge in [-0.15, -0.1) is 0 Å². The fourth-order valence-corrected chi connectivity index (χ4v) is 3.80. The molecule has 2 aromatic carbocycles. The van der Waals surface area contributed by atoms with Crippen molar-refractivity contribution in [3.63, 3.8) is 0 Å². The van der Waals surface area contributed by atoms with E-state index in [-0.39, 0.29) is 30.4 Å². The molecule has 0 radical (unpaired) electrons. The van der Waals surface area contributed by atoms with E-state index in [9.17, 15) is 9.18 Å². The smallest absolute Gasteiger partial charge is 0.254 e. The molecule has 1 saturated heterocycles. The van der Waals surface area contributed by atoms with Gasteiger partial charge in [-0.3, -0.25) is 4.79 Å². The maximum atomic E-state index is 13.4. The third kappa shape index (κ3) is 3.74. The number of rotatable bonds is 2. The first kappa shape index (κ1) is 18.1. The van der Waals surface area contributed by atoms with E-state index >= 15 is 0 Å². The Kier molecular flexibility index (Phi) is 5.20. The summed E-state index contributed by atoms with van der Waals surface area (Å²) in [7, 11) is 0. The molecule has 2 heterocycles. The molecule has 2 aromatic rings. The second-order valence-electron chi connectivity index (χ2n) is 7.05. The first-order chi connectivity index (χ1) is 13.1. The van der Waals surface area contributed by atoms with Crippen LogP contribution in [0.5, 0.6) is 0 Å². The molecule has 5 nitrogen and oxygen atoms in total. The summed E-state index contributed by atoms with van der Waals surface area (Å²) in [4.78, 5) is 15.1. The van der Waals surface area contributed by atoms with E-state index in [0.29, 0.717) is 19.8 Å². The van der Waals surface area contributed by atoms with Crippen molar-refractivity contribution in [2.24, 2.45) is 5.73 Å². The largest absolute Gasteiger partial charge is 0.376 e. The molecule has 4 rings (SSSR count). The number of amides is 1. The van der Waals surface area contributed by atoms with Crippen molar-refractivity contribution in [2.45, 2.75) is 24.6 Å². The van der Waals surface area contributed by atoms with Gasteiger partial charge in [0, 0.05) is 6.54 Å². The van der Waals surface area contributed by atoms with Crippen LogP contribution in [-0.4, -0.2) is 49.3 Å². The topological polar surface area (TPSA) is 64.8 Å². The van der Waals surface area contributed by atoms with E-state index in [0.717, 1.165) is 17.5 Å². The van der Waals surface area contributed by atoms with Crippen molar-refractivity contribution in [1.82, 2.24) is 4.90 Å². The van der Waals surface area contributed by atoms with E-state index in [4.69, 9.17) is 15.2 Å². The van der Waals surface area contributed by atoms with Crippen LogP contribution in [-0.2, 0) is 20.7 Å². The lowest BCUT2D eigenvalue weighted by molar-refractivity contribution is -0.147. The minimum absolute atomic E-state index is 0.118. The van der Waals surface area contributed by atoms with Crippen molar-refractivity contribution in [1.29, 1.82) is 0 Å². The third-order valence-electron chi connectivity index (χ3n) is 5.14. The van der Waals surface area contributed by atoms with Gasteiger partial charge in [-0.05, 0) is 35.2 Å². The number of hydrogen-bond acceptors (Lipinski definition) is 4. The molecule has 3 atom stereocenters. The van der Waals surface area contributed by atoms with Crippen molar-refractivity contribution >= 4 is 5.91 Å². The first-order valence-corrected chi connectivity index (χ1v) is 9.22. The maximum Gasteiger partial charge on any atom is 0.254 e. The molecule has 2 aliphatic heterocycles. The number of nitrogens with zero attached hydrogens (tertiary/aromatic N) is 1. The summed E-state index contributed by atoms with van der Waals surface area (Å²) in [6.45, 7) is 1.45. The number of benzene rings is 2. The van der Waals surface area contributed by atoms with E-state index < -0.39 is 6.10 Å². The molecule has 2 N–H and O–H groups in total. The van der Waals surface area contributed by atoms with Crippen molar-refractivity contribution in [3.05, 3.63) is 71.0 Å². The van der Waals surface area contributed by atoms with Gasteiger partial charge < -0.3 is 20.1 Å². The lowest BCUT2D eigenvalue weighted by atomic mass is 9.88. The van der Waals surface area contributed by atoms with Gasteiger partial charge in [-0.1, -0.05) is 36.4 Å². The highest BCUT2D eigenvalue weighted by Crippen LogP contribution is 2.35. The number of hydrogen-bond donors (Lipinski definition) is 1. The molecule has 1 fully saturated rings. The molecule has 2 aliphatic rings. The highest BCUT2D eigenvalue weighted by atomic mass is 19.1. The predicted octanol–water partition coefficient (Wildman–Crippen LogP) is 2.04. The molecule has 0 spiro atoms. The van der Waals surface area contributed by atoms with Crippen LogP contribution >= 0.6 is 0 Å². The minimum atomic E-state index is -0.674. The van der Waals surface area contributed by atoms with Crippen molar-refractivity contribution in [2.75, 3.05) is 26.4 Å². The lowest BCUT2D eigenvalue weighted by Gasteiger charge is -2.39. The van der Waals surface area contributed by atoms with Crippen molar-refractivity contribution < 1.29 is 18.7 Å². The molecule has 142 valence electrons. The molecule has 0 aliphatic carbocycles. The molecule has 6 heteroatoms. The van der Waals surface area contributed by atoms with Gasteiger partial charge in [0.2, 0.25) is 0 Å². The van der Waals surface area contributed by atoms with E-state index in [1.807, 2.05) is 23.1 Å². The number of nitrogens with two attached hydrogens (primary N) is 1. The van der Waals surface area contributed by atoms with Gasteiger partial charge in [0.1, 0.15) is 5.82 Å². The van der Waals surface area contributed by atoms with Crippen molar-refractivity contribution in [3.8, 4) is 0 Å². The highest BCUT2D eigenvalue weighted by Gasteiger charge is 2.36. The lowest BCUT2D eigenvalue weighted by Crippen LogP contribution is -2.47. The predicted molar refractivity (Wildman–Crippen MR) is 98.6 cm³/mol. The molecule has 0 saturated carbocycles. The Morgan fingerprint density at radius 2 is 1.85 bits per heavy atom. The second kappa shape index (κ2) is 7.76. The Morgan fingerprint density at radius 3 is 2.67 bits per heavy atom. The summed E-state index contributed by atoms with van der Waals surface area (Å²) in [5.41, 5.74) is 9.01. The van der Waals surface area contributed by atoms with Crippen LogP contribution in [0.15, 0.2) is 48.5 Å². The number of ether oxygens (including phenoxy) is 2. The van der Waals surface area contributed by atoms with Crippen LogP contribution in [0.1, 0.15) is 22.7 Å². The van der Waals surface area contributed by atoms with Crippen LogP contribution < -0.4 is 5.73 Å². The number of halogens is 1. The first-order valence-electron chi connectivity index (χ1n) is 9.22. The molecule has 1 amide bonds. The summed E-state index contributed by atoms with van der Waals surface area (Å²) in [5, 5.41) is 0. The Balaban J connectivity index is 1.68. The summed E-state index contributed by atoms with van der Waals surface area (Å²) >= 11 is 0. The van der Waals surface area contributed by atoms with Gasteiger partial charge in [-0.25, -0.2) is 4.39 Å². The molecule has 27 heavy (non-hydrogen) atoms. The van der Waals surface area contributed by atoms with Gasteiger partial charge in [-0.2, -0.15) is 0 Å². The average Bonchev–Trinajstić information content (AvgIpc) is 2.92. The fourth-order valence-electron chi connectivity index (χ4n) is 3.80. The summed E-state index contributed by atoms with van der Waals surface area (Å²) in [5.74, 6) is -0.414. The van der Waals surface area contributed by atoms with E-state index in [2.05, 4.69) is 6.07 Å². The number of fused-ring (bicyclic) bond motifs is 1. The Morgan fingerprint density at radius 1 is 1.07 bits per heavy atom. The highest BCUT2D eigenvalue weighted by molar-refractivity contribution is 5.82.